The van der Waals surface area contributed by atoms with Crippen LogP contribution in [-0.2, 0) is 0 Å². The van der Waals surface area contributed by atoms with Crippen molar-refractivity contribution in [1.82, 2.24) is 10.4 Å². The minimum Gasteiger partial charge on any atom is -0.497 e. The molecule has 1 aromatic carbocycles. The number of nitrogens with zero attached hydrogens (tertiary/aromatic N) is 1. The molecule has 0 aliphatic heterocycles. The second-order valence-corrected chi connectivity index (χ2v) is 4.31. The van der Waals surface area contributed by atoms with Crippen LogP contribution in [0.3, 0.4) is 0 Å². The van der Waals surface area contributed by atoms with E-state index in [1.807, 2.05) is 30.3 Å². The highest BCUT2D eigenvalue weighted by molar-refractivity contribution is 5.47. The smallest absolute Gasteiger partial charge is 0.218 e. The second kappa shape index (κ2) is 6.92. The van der Waals surface area contributed by atoms with E-state index in [1.165, 1.54) is 0 Å². The SMILES string of the molecule is COc1ccc(OC)c(C(NN)c2cccnc2OC)c1. The van der Waals surface area contributed by atoms with Gasteiger partial charge >= 0.3 is 0 Å². The van der Waals surface area contributed by atoms with Crippen LogP contribution in [0.15, 0.2) is 36.5 Å². The summed E-state index contributed by atoms with van der Waals surface area (Å²) in [5, 5.41) is 0. The predicted molar refractivity (Wildman–Crippen MR) is 79.5 cm³/mol. The van der Waals surface area contributed by atoms with Gasteiger partial charge in [-0.25, -0.2) is 10.4 Å². The lowest BCUT2D eigenvalue weighted by Crippen LogP contribution is -2.29. The molecule has 6 nitrogen and oxygen atoms in total. The Hall–Kier alpha value is -2.31. The van der Waals surface area contributed by atoms with Crippen LogP contribution in [0.5, 0.6) is 17.4 Å². The number of aromatic nitrogens is 1. The second-order valence-electron chi connectivity index (χ2n) is 4.31. The quantitative estimate of drug-likeness (QED) is 0.622. The summed E-state index contributed by atoms with van der Waals surface area (Å²) in [6.07, 6.45) is 1.67. The van der Waals surface area contributed by atoms with E-state index in [4.69, 9.17) is 20.1 Å². The maximum atomic E-state index is 5.75. The van der Waals surface area contributed by atoms with Gasteiger partial charge in [0.25, 0.3) is 0 Å². The average molecular weight is 289 g/mol. The first kappa shape index (κ1) is 15.1. The van der Waals surface area contributed by atoms with E-state index in [1.54, 1.807) is 27.5 Å². The lowest BCUT2D eigenvalue weighted by Gasteiger charge is -2.21. The summed E-state index contributed by atoms with van der Waals surface area (Å²) in [5.41, 5.74) is 4.43. The largest absolute Gasteiger partial charge is 0.497 e. The summed E-state index contributed by atoms with van der Waals surface area (Å²) in [6, 6.07) is 8.93. The number of rotatable bonds is 6. The molecule has 1 heterocycles. The van der Waals surface area contributed by atoms with Crippen LogP contribution >= 0.6 is 0 Å². The zero-order valence-corrected chi connectivity index (χ0v) is 12.3. The summed E-state index contributed by atoms with van der Waals surface area (Å²) >= 11 is 0. The number of methoxy groups -OCH3 is 3. The first-order valence-electron chi connectivity index (χ1n) is 6.42. The molecule has 2 rings (SSSR count). The van der Waals surface area contributed by atoms with Crippen molar-refractivity contribution in [2.75, 3.05) is 21.3 Å². The van der Waals surface area contributed by atoms with Crippen molar-refractivity contribution >= 4 is 0 Å². The summed E-state index contributed by atoms with van der Waals surface area (Å²) < 4.78 is 16.0. The topological polar surface area (TPSA) is 78.6 Å². The Morgan fingerprint density at radius 3 is 2.48 bits per heavy atom. The number of hydrogen-bond acceptors (Lipinski definition) is 6. The van der Waals surface area contributed by atoms with Gasteiger partial charge in [-0.05, 0) is 24.3 Å². The molecular formula is C15H19N3O3. The van der Waals surface area contributed by atoms with Crippen LogP contribution < -0.4 is 25.5 Å². The minimum atomic E-state index is -0.335. The third-order valence-corrected chi connectivity index (χ3v) is 3.22. The first-order valence-corrected chi connectivity index (χ1v) is 6.42. The van der Waals surface area contributed by atoms with Crippen molar-refractivity contribution in [3.8, 4) is 17.4 Å². The Kier molecular flexibility index (Phi) is 4.97. The third-order valence-electron chi connectivity index (χ3n) is 3.22. The molecule has 0 spiro atoms. The summed E-state index contributed by atoms with van der Waals surface area (Å²) in [6.45, 7) is 0. The molecule has 0 fully saturated rings. The van der Waals surface area contributed by atoms with Gasteiger partial charge in [-0.3, -0.25) is 5.84 Å². The zero-order chi connectivity index (χ0) is 15.2. The molecule has 1 aromatic heterocycles. The Morgan fingerprint density at radius 1 is 1.05 bits per heavy atom. The Balaban J connectivity index is 2.55. The molecule has 0 aliphatic carbocycles. The van der Waals surface area contributed by atoms with Crippen LogP contribution in [0.25, 0.3) is 0 Å². The lowest BCUT2D eigenvalue weighted by atomic mass is 9.99. The maximum Gasteiger partial charge on any atom is 0.218 e. The van der Waals surface area contributed by atoms with E-state index in [2.05, 4.69) is 10.4 Å². The summed E-state index contributed by atoms with van der Waals surface area (Å²) in [7, 11) is 4.79. The van der Waals surface area contributed by atoms with Crippen molar-refractivity contribution in [3.05, 3.63) is 47.7 Å². The van der Waals surface area contributed by atoms with E-state index in [9.17, 15) is 0 Å². The highest BCUT2D eigenvalue weighted by Gasteiger charge is 2.21. The lowest BCUT2D eigenvalue weighted by molar-refractivity contribution is 0.380. The van der Waals surface area contributed by atoms with Crippen molar-refractivity contribution in [1.29, 1.82) is 0 Å². The van der Waals surface area contributed by atoms with Crippen molar-refractivity contribution in [2.45, 2.75) is 6.04 Å². The monoisotopic (exact) mass is 289 g/mol. The molecule has 2 aromatic rings. The molecule has 0 amide bonds. The van der Waals surface area contributed by atoms with Crippen LogP contribution in [0, 0.1) is 0 Å². The first-order chi connectivity index (χ1) is 10.2. The van der Waals surface area contributed by atoms with Gasteiger partial charge in [0.1, 0.15) is 11.5 Å². The maximum absolute atomic E-state index is 5.75. The van der Waals surface area contributed by atoms with Gasteiger partial charge in [-0.2, -0.15) is 0 Å². The predicted octanol–water partition coefficient (Wildman–Crippen LogP) is 1.66. The van der Waals surface area contributed by atoms with Crippen LogP contribution in [0.2, 0.25) is 0 Å². The standard InChI is InChI=1S/C15H19N3O3/c1-19-10-6-7-13(20-2)12(9-10)14(18-16)11-5-4-8-17-15(11)21-3/h4-9,14,18H,16H2,1-3H3. The van der Waals surface area contributed by atoms with Crippen molar-refractivity contribution in [2.24, 2.45) is 5.84 Å². The number of pyridine rings is 1. The number of hydrazine groups is 1. The highest BCUT2D eigenvalue weighted by atomic mass is 16.5. The molecule has 0 saturated carbocycles. The van der Waals surface area contributed by atoms with E-state index in [0.717, 1.165) is 11.1 Å². The summed E-state index contributed by atoms with van der Waals surface area (Å²) in [5.74, 6) is 7.67. The Labute approximate surface area is 123 Å². The zero-order valence-electron chi connectivity index (χ0n) is 12.3. The van der Waals surface area contributed by atoms with Gasteiger partial charge in [0.05, 0.1) is 27.4 Å². The minimum absolute atomic E-state index is 0.335. The molecule has 1 unspecified atom stereocenters. The van der Waals surface area contributed by atoms with E-state index >= 15 is 0 Å². The fourth-order valence-electron chi connectivity index (χ4n) is 2.21. The molecule has 1 atom stereocenters. The van der Waals surface area contributed by atoms with Crippen LogP contribution in [0.4, 0.5) is 0 Å². The number of ether oxygens (including phenoxy) is 3. The molecule has 3 N–H and O–H groups in total. The highest BCUT2D eigenvalue weighted by Crippen LogP contribution is 2.35. The average Bonchev–Trinajstić information content (AvgIpc) is 2.55. The molecule has 0 bridgehead atoms. The van der Waals surface area contributed by atoms with Gasteiger partial charge in [0.15, 0.2) is 0 Å². The van der Waals surface area contributed by atoms with Crippen LogP contribution in [0.1, 0.15) is 17.2 Å². The van der Waals surface area contributed by atoms with E-state index in [-0.39, 0.29) is 6.04 Å². The van der Waals surface area contributed by atoms with E-state index < -0.39 is 0 Å². The van der Waals surface area contributed by atoms with Gasteiger partial charge in [0.2, 0.25) is 5.88 Å². The normalized spacial score (nSPS) is 11.8. The molecular weight excluding hydrogens is 270 g/mol. The van der Waals surface area contributed by atoms with Gasteiger partial charge in [0, 0.05) is 17.3 Å². The van der Waals surface area contributed by atoms with Gasteiger partial charge in [-0.1, -0.05) is 6.07 Å². The molecule has 6 heteroatoms. The third kappa shape index (κ3) is 3.07. The number of nitrogens with one attached hydrogen (secondary N) is 1. The number of nitrogens with two attached hydrogens (primary N) is 1. The molecule has 0 aliphatic rings. The Morgan fingerprint density at radius 2 is 1.86 bits per heavy atom. The van der Waals surface area contributed by atoms with Crippen LogP contribution in [-0.4, -0.2) is 26.3 Å². The molecule has 112 valence electrons. The number of hydrogen-bond donors (Lipinski definition) is 2. The molecule has 0 saturated heterocycles. The van der Waals surface area contributed by atoms with Crippen molar-refractivity contribution in [3.63, 3.8) is 0 Å². The molecule has 21 heavy (non-hydrogen) atoms. The fraction of sp³-hybridized carbons (Fsp3) is 0.267. The molecule has 0 radical (unpaired) electrons. The number of benzene rings is 1. The van der Waals surface area contributed by atoms with Crippen molar-refractivity contribution < 1.29 is 14.2 Å². The Bertz CT molecular complexity index is 604. The van der Waals surface area contributed by atoms with Gasteiger partial charge < -0.3 is 14.2 Å². The van der Waals surface area contributed by atoms with E-state index in [0.29, 0.717) is 17.4 Å². The fourth-order valence-corrected chi connectivity index (χ4v) is 2.21. The summed E-state index contributed by atoms with van der Waals surface area (Å²) in [4.78, 5) is 4.20. The van der Waals surface area contributed by atoms with Gasteiger partial charge in [-0.15, -0.1) is 0 Å².